The van der Waals surface area contributed by atoms with Crippen LogP contribution in [0.15, 0.2) is 59.1 Å². The largest absolute Gasteiger partial charge is 0.490 e. The molecule has 3 atom stereocenters. The zero-order valence-corrected chi connectivity index (χ0v) is 15.5. The normalized spacial score (nSPS) is 22.4. The molecule has 0 aliphatic heterocycles. The van der Waals surface area contributed by atoms with Crippen LogP contribution in [0.1, 0.15) is 30.7 Å². The van der Waals surface area contributed by atoms with Crippen molar-refractivity contribution in [3.63, 3.8) is 0 Å². The summed E-state index contributed by atoms with van der Waals surface area (Å²) in [4.78, 5) is 8.36. The van der Waals surface area contributed by atoms with Gasteiger partial charge in [0.25, 0.3) is 6.47 Å². The Labute approximate surface area is 156 Å². The second kappa shape index (κ2) is 10.2. The highest BCUT2D eigenvalue weighted by Crippen LogP contribution is 2.38. The lowest BCUT2D eigenvalue weighted by Gasteiger charge is -2.34. The minimum absolute atomic E-state index is 0.168. The van der Waals surface area contributed by atoms with Gasteiger partial charge in [0.2, 0.25) is 0 Å². The third-order valence-electron chi connectivity index (χ3n) is 4.41. The van der Waals surface area contributed by atoms with Crippen LogP contribution in [0.2, 0.25) is 0 Å². The SMILES string of the molecule is O=CO.OCC1CC(Oc2ccccc2)CC(c2ccc(Br)cc2)C1. The summed E-state index contributed by atoms with van der Waals surface area (Å²) in [5.41, 5.74) is 1.34. The molecule has 1 aliphatic carbocycles. The van der Waals surface area contributed by atoms with E-state index in [0.29, 0.717) is 11.8 Å². The summed E-state index contributed by atoms with van der Waals surface area (Å²) >= 11 is 3.49. The number of benzene rings is 2. The van der Waals surface area contributed by atoms with E-state index in [1.807, 2.05) is 30.3 Å². The second-order valence-corrected chi connectivity index (χ2v) is 7.08. The zero-order valence-electron chi connectivity index (χ0n) is 13.9. The van der Waals surface area contributed by atoms with Crippen molar-refractivity contribution in [3.05, 3.63) is 64.6 Å². The Balaban J connectivity index is 0.000000701. The van der Waals surface area contributed by atoms with Crippen molar-refractivity contribution in [2.45, 2.75) is 31.3 Å². The van der Waals surface area contributed by atoms with Gasteiger partial charge in [-0.05, 0) is 60.9 Å². The van der Waals surface area contributed by atoms with Crippen molar-refractivity contribution >= 4 is 22.4 Å². The van der Waals surface area contributed by atoms with E-state index in [9.17, 15) is 5.11 Å². The Morgan fingerprint density at radius 2 is 1.68 bits per heavy atom. The third kappa shape index (κ3) is 6.18. The van der Waals surface area contributed by atoms with Gasteiger partial charge in [-0.15, -0.1) is 0 Å². The van der Waals surface area contributed by atoms with Gasteiger partial charge >= 0.3 is 0 Å². The molecule has 1 fully saturated rings. The lowest BCUT2D eigenvalue weighted by Crippen LogP contribution is -2.31. The van der Waals surface area contributed by atoms with Crippen molar-refractivity contribution < 1.29 is 19.7 Å². The molecule has 2 N–H and O–H groups in total. The van der Waals surface area contributed by atoms with Crippen molar-refractivity contribution in [1.82, 2.24) is 0 Å². The molecule has 1 aliphatic rings. The van der Waals surface area contributed by atoms with E-state index in [1.54, 1.807) is 0 Å². The first kappa shape index (κ1) is 19.5. The number of hydrogen-bond donors (Lipinski definition) is 2. The van der Waals surface area contributed by atoms with Crippen LogP contribution in [0.4, 0.5) is 0 Å². The smallest absolute Gasteiger partial charge is 0.290 e. The summed E-state index contributed by atoms with van der Waals surface area (Å²) < 4.78 is 7.24. The minimum Gasteiger partial charge on any atom is -0.490 e. The second-order valence-electron chi connectivity index (χ2n) is 6.16. The predicted octanol–water partition coefficient (Wildman–Crippen LogP) is 4.47. The topological polar surface area (TPSA) is 66.8 Å². The lowest BCUT2D eigenvalue weighted by atomic mass is 9.77. The summed E-state index contributed by atoms with van der Waals surface area (Å²) in [5.74, 6) is 1.68. The van der Waals surface area contributed by atoms with E-state index in [4.69, 9.17) is 14.6 Å². The number of halogens is 1. The molecule has 3 rings (SSSR count). The average Bonchev–Trinajstić information content (AvgIpc) is 2.63. The minimum atomic E-state index is -0.250. The molecule has 0 aromatic heterocycles. The van der Waals surface area contributed by atoms with E-state index in [-0.39, 0.29) is 19.2 Å². The van der Waals surface area contributed by atoms with Crippen molar-refractivity contribution in [2.24, 2.45) is 5.92 Å². The number of aliphatic hydroxyl groups excluding tert-OH is 1. The first-order valence-electron chi connectivity index (χ1n) is 8.32. The van der Waals surface area contributed by atoms with Crippen LogP contribution in [0.25, 0.3) is 0 Å². The van der Waals surface area contributed by atoms with Crippen LogP contribution >= 0.6 is 15.9 Å². The molecule has 134 valence electrons. The molecule has 4 nitrogen and oxygen atoms in total. The summed E-state index contributed by atoms with van der Waals surface area (Å²) in [5, 5.41) is 16.5. The average molecular weight is 407 g/mol. The van der Waals surface area contributed by atoms with E-state index >= 15 is 0 Å². The van der Waals surface area contributed by atoms with Gasteiger partial charge in [0.05, 0.1) is 6.10 Å². The van der Waals surface area contributed by atoms with E-state index in [2.05, 4.69) is 40.2 Å². The van der Waals surface area contributed by atoms with Gasteiger partial charge in [-0.1, -0.05) is 46.3 Å². The molecule has 3 unspecified atom stereocenters. The van der Waals surface area contributed by atoms with Crippen LogP contribution in [-0.2, 0) is 4.79 Å². The van der Waals surface area contributed by atoms with Crippen LogP contribution < -0.4 is 4.74 Å². The summed E-state index contributed by atoms with van der Waals surface area (Å²) in [6, 6.07) is 18.5. The highest BCUT2D eigenvalue weighted by atomic mass is 79.9. The van der Waals surface area contributed by atoms with Crippen molar-refractivity contribution in [2.75, 3.05) is 6.61 Å². The summed E-state index contributed by atoms with van der Waals surface area (Å²) in [6.45, 7) is -0.0122. The number of hydrogen-bond acceptors (Lipinski definition) is 3. The van der Waals surface area contributed by atoms with E-state index in [1.165, 1.54) is 5.56 Å². The molecule has 0 radical (unpaired) electrons. The molecule has 1 saturated carbocycles. The van der Waals surface area contributed by atoms with Crippen molar-refractivity contribution in [3.8, 4) is 5.75 Å². The fraction of sp³-hybridized carbons (Fsp3) is 0.350. The lowest BCUT2D eigenvalue weighted by molar-refractivity contribution is -0.122. The highest BCUT2D eigenvalue weighted by Gasteiger charge is 2.30. The Morgan fingerprint density at radius 1 is 1.04 bits per heavy atom. The first-order valence-corrected chi connectivity index (χ1v) is 9.11. The molecular formula is C20H23BrO4. The van der Waals surface area contributed by atoms with Crippen molar-refractivity contribution in [1.29, 1.82) is 0 Å². The number of carboxylic acid groups (broad SMARTS) is 1. The molecule has 25 heavy (non-hydrogen) atoms. The van der Waals surface area contributed by atoms with Gasteiger partial charge in [-0.25, -0.2) is 0 Å². The standard InChI is InChI=1S/C19H21BrO2.CH2O2/c20-17-8-6-15(7-9-17)16-10-14(13-21)11-19(12-16)22-18-4-2-1-3-5-18;2-1-3/h1-9,14,16,19,21H,10-13H2;1H,(H,2,3). The van der Waals surface area contributed by atoms with E-state index < -0.39 is 0 Å². The fourth-order valence-electron chi connectivity index (χ4n) is 3.32. The monoisotopic (exact) mass is 406 g/mol. The molecule has 0 heterocycles. The number of para-hydroxylation sites is 1. The Hall–Kier alpha value is -1.85. The maximum atomic E-state index is 9.62. The Morgan fingerprint density at radius 3 is 2.28 bits per heavy atom. The maximum Gasteiger partial charge on any atom is 0.290 e. The fourth-order valence-corrected chi connectivity index (χ4v) is 3.59. The summed E-state index contributed by atoms with van der Waals surface area (Å²) in [6.07, 6.45) is 3.14. The Bertz CT molecular complexity index is 630. The highest BCUT2D eigenvalue weighted by molar-refractivity contribution is 9.10. The zero-order chi connectivity index (χ0) is 18.1. The van der Waals surface area contributed by atoms with E-state index in [0.717, 1.165) is 29.5 Å². The molecule has 0 amide bonds. The molecular weight excluding hydrogens is 384 g/mol. The van der Waals surface area contributed by atoms with Crippen LogP contribution in [0, 0.1) is 5.92 Å². The van der Waals surface area contributed by atoms with Crippen LogP contribution in [0.5, 0.6) is 5.75 Å². The van der Waals surface area contributed by atoms with Crippen LogP contribution in [-0.4, -0.2) is 29.4 Å². The molecule has 2 aromatic rings. The van der Waals surface area contributed by atoms with Gasteiger partial charge in [0, 0.05) is 11.1 Å². The number of ether oxygens (including phenoxy) is 1. The molecule has 5 heteroatoms. The Kier molecular flexibility index (Phi) is 7.95. The number of rotatable bonds is 4. The first-order chi connectivity index (χ1) is 12.2. The number of aliphatic hydroxyl groups is 1. The van der Waals surface area contributed by atoms with Gasteiger partial charge in [-0.2, -0.15) is 0 Å². The maximum absolute atomic E-state index is 9.62. The quantitative estimate of drug-likeness (QED) is 0.734. The van der Waals surface area contributed by atoms with Gasteiger partial charge < -0.3 is 14.9 Å². The number of carbonyl (C=O) groups is 1. The summed E-state index contributed by atoms with van der Waals surface area (Å²) in [7, 11) is 0. The van der Waals surface area contributed by atoms with Gasteiger partial charge in [-0.3, -0.25) is 4.79 Å². The predicted molar refractivity (Wildman–Crippen MR) is 101 cm³/mol. The third-order valence-corrected chi connectivity index (χ3v) is 4.94. The molecule has 0 spiro atoms. The van der Waals surface area contributed by atoms with Gasteiger partial charge in [0.15, 0.2) is 0 Å². The molecule has 2 aromatic carbocycles. The van der Waals surface area contributed by atoms with Gasteiger partial charge in [0.1, 0.15) is 5.75 Å². The van der Waals surface area contributed by atoms with Crippen LogP contribution in [0.3, 0.4) is 0 Å². The molecule has 0 saturated heterocycles. The molecule has 0 bridgehead atoms.